The molecule has 32 N–H and O–H groups in total. The van der Waals surface area contributed by atoms with Gasteiger partial charge < -0.3 is 143 Å². The summed E-state index contributed by atoms with van der Waals surface area (Å²) < 4.78 is 0. The Morgan fingerprint density at radius 3 is 1.57 bits per heavy atom. The van der Waals surface area contributed by atoms with Crippen LogP contribution in [0, 0.1) is 16.7 Å². The number of carbonyl (C=O) groups is 17. The van der Waals surface area contributed by atoms with E-state index in [2.05, 4.69) is 89.7 Å². The van der Waals surface area contributed by atoms with Gasteiger partial charge in [-0.25, -0.2) is 9.78 Å². The number of rotatable bonds is 52. The van der Waals surface area contributed by atoms with Gasteiger partial charge in [0.25, 0.3) is 0 Å². The van der Waals surface area contributed by atoms with E-state index in [0.29, 0.717) is 12.0 Å². The van der Waals surface area contributed by atoms with E-state index >= 15 is 0 Å². The Bertz CT molecular complexity index is 3780. The fourth-order valence-electron chi connectivity index (χ4n) is 11.6. The Kier molecular flexibility index (Phi) is 42.3. The second-order valence-electron chi connectivity index (χ2n) is 28.1. The summed E-state index contributed by atoms with van der Waals surface area (Å²) in [5.74, 6) is -20.5. The van der Waals surface area contributed by atoms with E-state index in [1.165, 1.54) is 64.5 Å². The SMILES string of the molecule is CC(C)[C@H](NC(=O)[C@H](CC(=O)O)NC(=O)CNC(=O)[C@H](CCC(=O)O)NC(=O)[C@H](C)NC(=O)[C@@H](N)Cc1ccc(O)cc1)C(=O)N[C@@H](Cc1c[nH]cn1)C(=O)N[C@@H](C)C(=O)N[C@H](C(=O)N[C@@H](CO)C(=O)N[C@@H](CCCCN)C(=O)N1CCC[C@H]1C(=O)N[C@@H](C)C(=O)N[C@@H](CCCNC(=N)N)C(=O)N[C@@H](CCCNC(=N)N)C(=O)O)[C@@H](C)O. The minimum absolute atomic E-state index is 0.00427. The predicted molar refractivity (Wildman–Crippen MR) is 412 cm³/mol. The van der Waals surface area contributed by atoms with Gasteiger partial charge in [-0.1, -0.05) is 26.0 Å². The highest BCUT2D eigenvalue weighted by Gasteiger charge is 2.41. The summed E-state index contributed by atoms with van der Waals surface area (Å²) >= 11 is 0. The lowest BCUT2D eigenvalue weighted by Crippen LogP contribution is -2.62. The molecule has 2 aromatic rings. The molecular formula is C70H112N24O23. The number of H-pyrrole nitrogens is 1. The molecule has 1 aliphatic heterocycles. The zero-order chi connectivity index (χ0) is 87.9. The molecule has 47 heteroatoms. The van der Waals surface area contributed by atoms with Gasteiger partial charge in [-0.15, -0.1) is 0 Å². The van der Waals surface area contributed by atoms with Gasteiger partial charge >= 0.3 is 17.9 Å². The first-order valence-corrected chi connectivity index (χ1v) is 37.6. The number of nitrogens with zero attached hydrogens (tertiary/aromatic N) is 2. The average molecular weight is 1660 g/mol. The van der Waals surface area contributed by atoms with Crippen LogP contribution in [0.4, 0.5) is 0 Å². The number of hydrogen-bond donors (Lipinski definition) is 28. The number of nitrogens with two attached hydrogens (primary N) is 4. The highest BCUT2D eigenvalue weighted by atomic mass is 16.4. The molecule has 1 aromatic heterocycles. The minimum Gasteiger partial charge on any atom is -0.508 e. The molecule has 15 atom stereocenters. The van der Waals surface area contributed by atoms with E-state index in [9.17, 15) is 112 Å². The summed E-state index contributed by atoms with van der Waals surface area (Å²) in [4.78, 5) is 236. The van der Waals surface area contributed by atoms with E-state index in [4.69, 9.17) is 33.8 Å². The van der Waals surface area contributed by atoms with E-state index in [1.807, 2.05) is 0 Å². The van der Waals surface area contributed by atoms with Crippen LogP contribution in [0.1, 0.15) is 130 Å². The van der Waals surface area contributed by atoms with Gasteiger partial charge in [0.1, 0.15) is 84.3 Å². The van der Waals surface area contributed by atoms with Gasteiger partial charge in [0.05, 0.1) is 43.7 Å². The summed E-state index contributed by atoms with van der Waals surface area (Å²) in [6.45, 7) is 5.82. The standard InChI is InChI=1S/C70H112N24O23/c1-33(2)53(92-62(110)47(28-52(101)102)85-50(98)30-80-59(107)43(20-21-51(99)100)87-55(103)34(3)82-58(106)41(72)26-38-16-18-40(97)19-17-38)65(113)90-46(27-39-29-77-32-81-39)61(109)83-36(5)57(105)93-54(37(6)96)66(114)91-48(31-95)63(111)88-44(12-7-8-22-71)67(115)94-25-11-15-49(94)64(112)84-35(4)56(104)86-42(13-9-23-78-69(73)74)60(108)89-45(68(116)117)14-10-24-79-70(75)76/h16-19,29,32-37,41-49,53-54,95-97H,7-15,20-28,30-31,71-72H2,1-6H3,(H,77,81)(H,80,107)(H,82,106)(H,83,109)(H,84,112)(H,85,98)(H,86,104)(H,87,103)(H,88,111)(H,89,108)(H,90,113)(H,91,114)(H,92,110)(H,93,105)(H,99,100)(H,101,102)(H,116,117)(H4,73,74,78)(H4,75,76,79)/t34-,35-,36-,37+,41-,42-,43-,44-,45-,46-,47-,48-,49-,53-,54-/m0/s1. The molecule has 3 rings (SSSR count). The van der Waals surface area contributed by atoms with Gasteiger partial charge in [0.2, 0.25) is 82.7 Å². The van der Waals surface area contributed by atoms with Crippen molar-refractivity contribution < 1.29 is 112 Å². The number of phenolic OH excluding ortho intramolecular Hbond substituents is 1. The third-order valence-corrected chi connectivity index (χ3v) is 18.1. The molecule has 117 heavy (non-hydrogen) atoms. The summed E-state index contributed by atoms with van der Waals surface area (Å²) in [7, 11) is 0. The van der Waals surface area contributed by atoms with Crippen molar-refractivity contribution in [2.24, 2.45) is 28.9 Å². The van der Waals surface area contributed by atoms with Gasteiger partial charge in [-0.05, 0) is 128 Å². The van der Waals surface area contributed by atoms with Crippen molar-refractivity contribution in [1.82, 2.24) is 94.6 Å². The molecule has 0 spiro atoms. The summed E-state index contributed by atoms with van der Waals surface area (Å²) in [6.07, 6.45) is -0.955. The molecule has 1 aliphatic rings. The van der Waals surface area contributed by atoms with Crippen LogP contribution in [0.25, 0.3) is 0 Å². The van der Waals surface area contributed by atoms with E-state index in [-0.39, 0.29) is 107 Å². The molecule has 0 aliphatic carbocycles. The number of amides is 14. The first-order chi connectivity index (χ1) is 55.1. The summed E-state index contributed by atoms with van der Waals surface area (Å²) in [5, 5.41) is 110. The summed E-state index contributed by atoms with van der Waals surface area (Å²) in [5.41, 5.74) is 23.2. The first-order valence-electron chi connectivity index (χ1n) is 37.6. The number of likely N-dealkylation sites (tertiary alicyclic amines) is 1. The van der Waals surface area contributed by atoms with Crippen molar-refractivity contribution in [3.63, 3.8) is 0 Å². The number of imidazole rings is 1. The van der Waals surface area contributed by atoms with Crippen molar-refractivity contribution in [2.45, 2.75) is 222 Å². The maximum Gasteiger partial charge on any atom is 0.326 e. The molecule has 1 aromatic carbocycles. The number of aliphatic hydroxyl groups excluding tert-OH is 2. The molecule has 0 saturated carbocycles. The topological polar surface area (TPSA) is 776 Å². The monoisotopic (exact) mass is 1660 g/mol. The third kappa shape index (κ3) is 35.5. The second kappa shape index (κ2) is 50.1. The van der Waals surface area contributed by atoms with Gasteiger partial charge in [0.15, 0.2) is 11.9 Å². The van der Waals surface area contributed by atoms with Crippen molar-refractivity contribution in [3.05, 3.63) is 48.0 Å². The molecule has 2 heterocycles. The molecule has 0 bridgehead atoms. The van der Waals surface area contributed by atoms with Crippen molar-refractivity contribution in [2.75, 3.05) is 39.3 Å². The maximum absolute atomic E-state index is 14.5. The first kappa shape index (κ1) is 98.8. The van der Waals surface area contributed by atoms with Crippen LogP contribution < -0.4 is 103 Å². The molecule has 47 nitrogen and oxygen atoms in total. The zero-order valence-electron chi connectivity index (χ0n) is 65.7. The quantitative estimate of drug-likeness (QED) is 0.0166. The van der Waals surface area contributed by atoms with E-state index in [0.717, 1.165) is 18.7 Å². The number of aliphatic carboxylic acids is 3. The van der Waals surface area contributed by atoms with Crippen LogP contribution in [-0.2, 0) is 94.3 Å². The highest BCUT2D eigenvalue weighted by Crippen LogP contribution is 2.21. The van der Waals surface area contributed by atoms with E-state index in [1.54, 1.807) is 0 Å². The smallest absolute Gasteiger partial charge is 0.326 e. The fourth-order valence-corrected chi connectivity index (χ4v) is 11.6. The zero-order valence-corrected chi connectivity index (χ0v) is 65.7. The largest absolute Gasteiger partial charge is 0.508 e. The Balaban J connectivity index is 1.72. The highest BCUT2D eigenvalue weighted by molar-refractivity contribution is 6.01. The lowest BCUT2D eigenvalue weighted by atomic mass is 10.0. The molecular weight excluding hydrogens is 1540 g/mol. The molecule has 0 radical (unpaired) electrons. The van der Waals surface area contributed by atoms with Crippen LogP contribution in [0.15, 0.2) is 36.8 Å². The second-order valence-corrected chi connectivity index (χ2v) is 28.1. The van der Waals surface area contributed by atoms with Crippen molar-refractivity contribution >= 4 is 113 Å². The molecule has 0 unspecified atom stereocenters. The molecule has 650 valence electrons. The Hall–Kier alpha value is -12.4. The number of phenols is 1. The number of aromatic hydroxyl groups is 1. The lowest BCUT2D eigenvalue weighted by Gasteiger charge is -2.31. The Morgan fingerprint density at radius 2 is 1.03 bits per heavy atom. The number of aromatic amines is 1. The van der Waals surface area contributed by atoms with Gasteiger partial charge in [-0.3, -0.25) is 87.5 Å². The number of carboxylic acid groups (broad SMARTS) is 3. The minimum atomic E-state index is -1.96. The molecule has 1 fully saturated rings. The number of carboxylic acids is 3. The normalized spacial score (nSPS) is 15.9. The van der Waals surface area contributed by atoms with E-state index < -0.39 is 236 Å². The molecule has 1 saturated heterocycles. The predicted octanol–water partition coefficient (Wildman–Crippen LogP) is -9.68. The fraction of sp³-hybridized carbons (Fsp3) is 0.600. The number of hydrogen-bond acceptors (Lipinski definition) is 25. The Labute approximate surface area is 671 Å². The van der Waals surface area contributed by atoms with Crippen LogP contribution in [-0.4, -0.2) is 288 Å². The number of unbranched alkanes of at least 4 members (excludes halogenated alkanes) is 1. The number of carbonyl (C=O) groups excluding carboxylic acids is 14. The summed E-state index contributed by atoms with van der Waals surface area (Å²) in [6, 6.07) is -15.9. The van der Waals surface area contributed by atoms with Crippen LogP contribution >= 0.6 is 0 Å². The number of benzene rings is 1. The number of aliphatic hydroxyl groups is 2. The van der Waals surface area contributed by atoms with Crippen LogP contribution in [0.2, 0.25) is 0 Å². The van der Waals surface area contributed by atoms with Crippen molar-refractivity contribution in [1.29, 1.82) is 10.8 Å². The third-order valence-electron chi connectivity index (χ3n) is 18.1. The lowest BCUT2D eigenvalue weighted by molar-refractivity contribution is -0.143. The van der Waals surface area contributed by atoms with Crippen LogP contribution in [0.3, 0.4) is 0 Å². The average Bonchev–Trinajstić information content (AvgIpc) is 1.71. The van der Waals surface area contributed by atoms with Crippen molar-refractivity contribution in [3.8, 4) is 5.75 Å². The number of nitrogens with one attached hydrogen (secondary N) is 18. The van der Waals surface area contributed by atoms with Crippen LogP contribution in [0.5, 0.6) is 5.75 Å². The van der Waals surface area contributed by atoms with Gasteiger partial charge in [-0.2, -0.15) is 0 Å². The maximum atomic E-state index is 14.5. The number of guanidine groups is 2. The Morgan fingerprint density at radius 1 is 0.538 bits per heavy atom. The number of aromatic nitrogens is 2. The van der Waals surface area contributed by atoms with Gasteiger partial charge in [0, 0.05) is 38.7 Å². The molecule has 14 amide bonds.